The lowest BCUT2D eigenvalue weighted by molar-refractivity contribution is 0.587. The van der Waals surface area contributed by atoms with Gasteiger partial charge in [-0.1, -0.05) is 6.07 Å². The molecule has 0 amide bonds. The van der Waals surface area contributed by atoms with Crippen molar-refractivity contribution >= 4 is 33.0 Å². The van der Waals surface area contributed by atoms with Crippen LogP contribution < -0.4 is 11.1 Å². The third-order valence-corrected chi connectivity index (χ3v) is 3.14. The summed E-state index contributed by atoms with van der Waals surface area (Å²) in [6, 6.07) is 7.50. The fraction of sp³-hybridized carbons (Fsp3) is 0.0769. The molecule has 0 bridgehead atoms. The van der Waals surface area contributed by atoms with Crippen LogP contribution in [0.15, 0.2) is 34.8 Å². The summed E-state index contributed by atoms with van der Waals surface area (Å²) in [4.78, 5) is 0. The zero-order valence-electron chi connectivity index (χ0n) is 9.60. The van der Waals surface area contributed by atoms with Gasteiger partial charge in [0.2, 0.25) is 0 Å². The first kappa shape index (κ1) is 12.8. The summed E-state index contributed by atoms with van der Waals surface area (Å²) < 4.78 is 27.2. The highest BCUT2D eigenvalue weighted by Crippen LogP contribution is 2.31. The van der Waals surface area contributed by atoms with Crippen molar-refractivity contribution in [2.45, 2.75) is 6.92 Å². The zero-order chi connectivity index (χ0) is 13.3. The Morgan fingerprint density at radius 1 is 1.11 bits per heavy atom. The summed E-state index contributed by atoms with van der Waals surface area (Å²) in [5.74, 6) is -1.45. The molecule has 0 saturated heterocycles. The second-order valence-corrected chi connectivity index (χ2v) is 4.81. The van der Waals surface area contributed by atoms with E-state index in [1.807, 2.05) is 25.1 Å². The molecule has 2 aromatic carbocycles. The maximum atomic E-state index is 13.3. The normalized spacial score (nSPS) is 10.4. The molecule has 2 aromatic rings. The first-order valence-electron chi connectivity index (χ1n) is 5.25. The molecule has 0 heterocycles. The molecular formula is C13H11BrF2N2. The number of benzene rings is 2. The van der Waals surface area contributed by atoms with Crippen LogP contribution in [-0.4, -0.2) is 0 Å². The number of hydrogen-bond acceptors (Lipinski definition) is 2. The Labute approximate surface area is 112 Å². The molecule has 0 radical (unpaired) electrons. The van der Waals surface area contributed by atoms with Gasteiger partial charge in [-0.3, -0.25) is 0 Å². The minimum atomic E-state index is -0.777. The molecule has 5 heteroatoms. The van der Waals surface area contributed by atoms with E-state index in [0.717, 1.165) is 22.2 Å². The van der Waals surface area contributed by atoms with Gasteiger partial charge in [0.1, 0.15) is 5.82 Å². The molecule has 0 aliphatic carbocycles. The van der Waals surface area contributed by atoms with E-state index in [-0.39, 0.29) is 11.4 Å². The molecule has 2 rings (SSSR count). The minimum absolute atomic E-state index is 0.108. The predicted octanol–water partition coefficient (Wildman–Crippen LogP) is 4.36. The quantitative estimate of drug-likeness (QED) is 0.808. The van der Waals surface area contributed by atoms with Gasteiger partial charge in [-0.15, -0.1) is 0 Å². The highest BCUT2D eigenvalue weighted by molar-refractivity contribution is 9.10. The van der Waals surface area contributed by atoms with Gasteiger partial charge in [-0.2, -0.15) is 0 Å². The summed E-state index contributed by atoms with van der Waals surface area (Å²) in [6.07, 6.45) is 0. The van der Waals surface area contributed by atoms with E-state index >= 15 is 0 Å². The number of nitrogen functional groups attached to an aromatic ring is 1. The van der Waals surface area contributed by atoms with Crippen molar-refractivity contribution in [3.8, 4) is 0 Å². The molecule has 2 nitrogen and oxygen atoms in total. The van der Waals surface area contributed by atoms with Gasteiger partial charge in [0.15, 0.2) is 5.82 Å². The predicted molar refractivity (Wildman–Crippen MR) is 72.9 cm³/mol. The van der Waals surface area contributed by atoms with Gasteiger partial charge in [-0.05, 0) is 46.6 Å². The van der Waals surface area contributed by atoms with Crippen LogP contribution in [0.1, 0.15) is 5.56 Å². The van der Waals surface area contributed by atoms with Crippen molar-refractivity contribution in [1.29, 1.82) is 0 Å². The lowest BCUT2D eigenvalue weighted by Crippen LogP contribution is -2.00. The molecule has 0 aliphatic rings. The van der Waals surface area contributed by atoms with Crippen LogP contribution in [0, 0.1) is 18.6 Å². The van der Waals surface area contributed by atoms with Crippen molar-refractivity contribution in [3.63, 3.8) is 0 Å². The Balaban J connectivity index is 2.40. The van der Waals surface area contributed by atoms with Gasteiger partial charge in [0.25, 0.3) is 0 Å². The number of aryl methyl sites for hydroxylation is 1. The van der Waals surface area contributed by atoms with Crippen LogP contribution in [-0.2, 0) is 0 Å². The summed E-state index contributed by atoms with van der Waals surface area (Å²) in [5.41, 5.74) is 7.42. The van der Waals surface area contributed by atoms with E-state index in [1.54, 1.807) is 0 Å². The number of nitrogens with two attached hydrogens (primary N) is 1. The first-order chi connectivity index (χ1) is 8.47. The lowest BCUT2D eigenvalue weighted by atomic mass is 10.2. The van der Waals surface area contributed by atoms with E-state index < -0.39 is 11.6 Å². The third-order valence-electron chi connectivity index (χ3n) is 2.49. The Morgan fingerprint density at radius 2 is 1.83 bits per heavy atom. The molecule has 0 fully saturated rings. The molecule has 0 unspecified atom stereocenters. The van der Waals surface area contributed by atoms with Crippen molar-refractivity contribution in [1.82, 2.24) is 0 Å². The largest absolute Gasteiger partial charge is 0.395 e. The smallest absolute Gasteiger partial charge is 0.151 e. The summed E-state index contributed by atoms with van der Waals surface area (Å²) in [5, 5.41) is 2.90. The fourth-order valence-electron chi connectivity index (χ4n) is 1.55. The molecule has 0 aliphatic heterocycles. The molecule has 0 aromatic heterocycles. The van der Waals surface area contributed by atoms with Crippen LogP contribution in [0.25, 0.3) is 0 Å². The van der Waals surface area contributed by atoms with E-state index in [4.69, 9.17) is 5.73 Å². The Kier molecular flexibility index (Phi) is 3.52. The maximum absolute atomic E-state index is 13.3. The Hall–Kier alpha value is -1.62. The average molecular weight is 313 g/mol. The summed E-state index contributed by atoms with van der Waals surface area (Å²) in [7, 11) is 0. The van der Waals surface area contributed by atoms with E-state index in [9.17, 15) is 8.78 Å². The highest BCUT2D eigenvalue weighted by atomic mass is 79.9. The number of rotatable bonds is 2. The molecular weight excluding hydrogens is 302 g/mol. The minimum Gasteiger partial charge on any atom is -0.395 e. The Bertz CT molecular complexity index is 600. The lowest BCUT2D eigenvalue weighted by Gasteiger charge is -2.12. The van der Waals surface area contributed by atoms with Crippen molar-refractivity contribution < 1.29 is 8.78 Å². The van der Waals surface area contributed by atoms with Crippen LogP contribution in [0.2, 0.25) is 0 Å². The van der Waals surface area contributed by atoms with Crippen LogP contribution in [0.5, 0.6) is 0 Å². The number of anilines is 3. The molecule has 0 atom stereocenters. The first-order valence-corrected chi connectivity index (χ1v) is 6.04. The number of nitrogens with one attached hydrogen (secondary N) is 1. The van der Waals surface area contributed by atoms with Crippen molar-refractivity contribution in [2.24, 2.45) is 0 Å². The van der Waals surface area contributed by atoms with E-state index in [2.05, 4.69) is 21.2 Å². The SMILES string of the molecule is Cc1ccc(Nc2cc(F)cc(F)c2N)c(Br)c1. The maximum Gasteiger partial charge on any atom is 0.151 e. The summed E-state index contributed by atoms with van der Waals surface area (Å²) >= 11 is 3.38. The van der Waals surface area contributed by atoms with Crippen molar-refractivity contribution in [3.05, 3.63) is 52.0 Å². The van der Waals surface area contributed by atoms with Crippen LogP contribution in [0.4, 0.5) is 25.8 Å². The summed E-state index contributed by atoms with van der Waals surface area (Å²) in [6.45, 7) is 1.95. The zero-order valence-corrected chi connectivity index (χ0v) is 11.2. The molecule has 0 spiro atoms. The van der Waals surface area contributed by atoms with E-state index in [1.165, 1.54) is 0 Å². The van der Waals surface area contributed by atoms with E-state index in [0.29, 0.717) is 5.69 Å². The fourth-order valence-corrected chi connectivity index (χ4v) is 2.15. The van der Waals surface area contributed by atoms with Gasteiger partial charge < -0.3 is 11.1 Å². The number of halogens is 3. The standard InChI is InChI=1S/C13H11BrF2N2/c1-7-2-3-11(9(14)4-7)18-12-6-8(15)5-10(16)13(12)17/h2-6,18H,17H2,1H3. The van der Waals surface area contributed by atoms with Crippen LogP contribution in [0.3, 0.4) is 0 Å². The van der Waals surface area contributed by atoms with Crippen LogP contribution >= 0.6 is 15.9 Å². The molecule has 3 N–H and O–H groups in total. The number of hydrogen-bond donors (Lipinski definition) is 2. The second kappa shape index (κ2) is 4.94. The highest BCUT2D eigenvalue weighted by Gasteiger charge is 2.09. The molecule has 0 saturated carbocycles. The van der Waals surface area contributed by atoms with Gasteiger partial charge in [-0.25, -0.2) is 8.78 Å². The molecule has 94 valence electrons. The molecule has 18 heavy (non-hydrogen) atoms. The van der Waals surface area contributed by atoms with Gasteiger partial charge in [0, 0.05) is 10.5 Å². The van der Waals surface area contributed by atoms with Gasteiger partial charge >= 0.3 is 0 Å². The van der Waals surface area contributed by atoms with Crippen molar-refractivity contribution in [2.75, 3.05) is 11.1 Å². The van der Waals surface area contributed by atoms with Gasteiger partial charge in [0.05, 0.1) is 17.1 Å². The second-order valence-electron chi connectivity index (χ2n) is 3.96. The monoisotopic (exact) mass is 312 g/mol. The third kappa shape index (κ3) is 2.61. The topological polar surface area (TPSA) is 38.0 Å². The average Bonchev–Trinajstić information content (AvgIpc) is 2.29. The Morgan fingerprint density at radius 3 is 2.50 bits per heavy atom.